The van der Waals surface area contributed by atoms with E-state index in [1.807, 2.05) is 28.8 Å². The minimum Gasteiger partial charge on any atom is -0.330 e. The SMILES string of the molecule is CCN([C@@H]1CCS(=O)(=O)C1)S(=O)(=O)CCn1cnc2ccccc21. The van der Waals surface area contributed by atoms with Crippen LogP contribution in [0, 0.1) is 0 Å². The van der Waals surface area contributed by atoms with E-state index >= 15 is 0 Å². The van der Waals surface area contributed by atoms with Crippen LogP contribution < -0.4 is 0 Å². The zero-order chi connectivity index (χ0) is 17.4. The second-order valence-corrected chi connectivity index (χ2v) is 10.3. The summed E-state index contributed by atoms with van der Waals surface area (Å²) in [6.07, 6.45) is 2.01. The smallest absolute Gasteiger partial charge is 0.216 e. The van der Waals surface area contributed by atoms with Crippen LogP contribution in [0.4, 0.5) is 0 Å². The normalized spacial score (nSPS) is 20.8. The third-order valence-electron chi connectivity index (χ3n) is 4.40. The van der Waals surface area contributed by atoms with Crippen molar-refractivity contribution in [2.45, 2.75) is 25.9 Å². The maximum Gasteiger partial charge on any atom is 0.216 e. The molecule has 0 bridgehead atoms. The molecule has 1 atom stereocenters. The number of rotatable bonds is 6. The summed E-state index contributed by atoms with van der Waals surface area (Å²) in [7, 11) is -6.65. The Bertz CT molecular complexity index is 935. The van der Waals surface area contributed by atoms with Crippen LogP contribution in [0.5, 0.6) is 0 Å². The van der Waals surface area contributed by atoms with Gasteiger partial charge in [0.05, 0.1) is 34.6 Å². The average molecular weight is 371 g/mol. The second kappa shape index (κ2) is 6.45. The first-order valence-corrected chi connectivity index (χ1v) is 11.4. The topological polar surface area (TPSA) is 89.3 Å². The first-order valence-electron chi connectivity index (χ1n) is 7.92. The van der Waals surface area contributed by atoms with Crippen molar-refractivity contribution in [1.82, 2.24) is 13.9 Å². The molecule has 0 spiro atoms. The van der Waals surface area contributed by atoms with Crippen LogP contribution in [0.15, 0.2) is 30.6 Å². The third kappa shape index (κ3) is 3.47. The van der Waals surface area contributed by atoms with E-state index in [0.29, 0.717) is 13.0 Å². The molecule has 3 rings (SSSR count). The van der Waals surface area contributed by atoms with Gasteiger partial charge in [0, 0.05) is 19.1 Å². The number of hydrogen-bond acceptors (Lipinski definition) is 5. The number of sulfonamides is 1. The summed E-state index contributed by atoms with van der Waals surface area (Å²) in [5.74, 6) is -0.0817. The van der Waals surface area contributed by atoms with Crippen LogP contribution in [0.25, 0.3) is 11.0 Å². The van der Waals surface area contributed by atoms with Crippen molar-refractivity contribution in [3.05, 3.63) is 30.6 Å². The highest BCUT2D eigenvalue weighted by molar-refractivity contribution is 7.92. The molecule has 1 fully saturated rings. The first kappa shape index (κ1) is 17.4. The maximum atomic E-state index is 12.7. The highest BCUT2D eigenvalue weighted by Crippen LogP contribution is 2.21. The van der Waals surface area contributed by atoms with Gasteiger partial charge in [-0.15, -0.1) is 0 Å². The standard InChI is InChI=1S/C15H21N3O4S2/c1-2-18(13-7-9-23(19,20)11-13)24(21,22)10-8-17-12-16-14-5-3-4-6-15(14)17/h3-6,12-13H,2,7-11H2,1H3/t13-/m1/s1. The number of aromatic nitrogens is 2. The highest BCUT2D eigenvalue weighted by Gasteiger charge is 2.36. The van der Waals surface area contributed by atoms with Crippen molar-refractivity contribution in [3.63, 3.8) is 0 Å². The van der Waals surface area contributed by atoms with Gasteiger partial charge in [-0.3, -0.25) is 0 Å². The summed E-state index contributed by atoms with van der Waals surface area (Å²) in [5, 5.41) is 0. The molecule has 0 aliphatic carbocycles. The molecule has 7 nitrogen and oxygen atoms in total. The van der Waals surface area contributed by atoms with Crippen LogP contribution in [-0.2, 0) is 26.4 Å². The molecule has 2 heterocycles. The number of benzene rings is 1. The number of imidazole rings is 1. The molecule has 9 heteroatoms. The van der Waals surface area contributed by atoms with Crippen molar-refractivity contribution in [2.24, 2.45) is 0 Å². The van der Waals surface area contributed by atoms with E-state index in [0.717, 1.165) is 11.0 Å². The van der Waals surface area contributed by atoms with Crippen LogP contribution in [-0.4, -0.2) is 60.5 Å². The molecule has 0 saturated carbocycles. The zero-order valence-electron chi connectivity index (χ0n) is 13.5. The third-order valence-corrected chi connectivity index (χ3v) is 8.12. The largest absolute Gasteiger partial charge is 0.330 e. The van der Waals surface area contributed by atoms with Crippen LogP contribution in [0.2, 0.25) is 0 Å². The van der Waals surface area contributed by atoms with Crippen molar-refractivity contribution < 1.29 is 16.8 Å². The van der Waals surface area contributed by atoms with Gasteiger partial charge in [-0.2, -0.15) is 4.31 Å². The fourth-order valence-corrected chi connectivity index (χ4v) is 6.72. The van der Waals surface area contributed by atoms with Crippen LogP contribution in [0.3, 0.4) is 0 Å². The molecule has 1 saturated heterocycles. The number of aryl methyl sites for hydroxylation is 1. The first-order chi connectivity index (χ1) is 11.3. The summed E-state index contributed by atoms with van der Waals surface area (Å²) >= 11 is 0. The van der Waals surface area contributed by atoms with E-state index in [1.54, 1.807) is 13.3 Å². The fourth-order valence-electron chi connectivity index (χ4n) is 3.20. The molecular weight excluding hydrogens is 350 g/mol. The molecule has 0 radical (unpaired) electrons. The number of hydrogen-bond donors (Lipinski definition) is 0. The lowest BCUT2D eigenvalue weighted by atomic mass is 10.3. The van der Waals surface area contributed by atoms with E-state index in [1.165, 1.54) is 4.31 Å². The molecule has 1 aliphatic heterocycles. The quantitative estimate of drug-likeness (QED) is 0.752. The number of para-hydroxylation sites is 2. The summed E-state index contributed by atoms with van der Waals surface area (Å²) < 4.78 is 51.8. The summed E-state index contributed by atoms with van der Waals surface area (Å²) in [4.78, 5) is 4.26. The number of sulfone groups is 1. The Morgan fingerprint density at radius 2 is 2.08 bits per heavy atom. The predicted molar refractivity (Wildman–Crippen MR) is 93.0 cm³/mol. The molecule has 2 aromatic rings. The van der Waals surface area contributed by atoms with Gasteiger partial charge in [0.15, 0.2) is 9.84 Å². The molecule has 0 N–H and O–H groups in total. The Labute approximate surface area is 142 Å². The lowest BCUT2D eigenvalue weighted by molar-refractivity contribution is 0.353. The second-order valence-electron chi connectivity index (χ2n) is 6.00. The van der Waals surface area contributed by atoms with Crippen molar-refractivity contribution in [3.8, 4) is 0 Å². The van der Waals surface area contributed by atoms with Gasteiger partial charge < -0.3 is 4.57 Å². The monoisotopic (exact) mass is 371 g/mol. The van der Waals surface area contributed by atoms with Gasteiger partial charge in [0.2, 0.25) is 10.0 Å². The van der Waals surface area contributed by atoms with Gasteiger partial charge >= 0.3 is 0 Å². The molecular formula is C15H21N3O4S2. The van der Waals surface area contributed by atoms with Gasteiger partial charge in [-0.1, -0.05) is 19.1 Å². The molecule has 132 valence electrons. The van der Waals surface area contributed by atoms with Crippen molar-refractivity contribution >= 4 is 30.9 Å². The summed E-state index contributed by atoms with van der Waals surface area (Å²) in [6, 6.07) is 7.11. The van der Waals surface area contributed by atoms with E-state index in [-0.39, 0.29) is 23.8 Å². The van der Waals surface area contributed by atoms with Crippen LogP contribution in [0.1, 0.15) is 13.3 Å². The van der Waals surface area contributed by atoms with Gasteiger partial charge in [-0.05, 0) is 18.6 Å². The molecule has 24 heavy (non-hydrogen) atoms. The Morgan fingerprint density at radius 3 is 2.75 bits per heavy atom. The summed E-state index contributed by atoms with van der Waals surface area (Å²) in [6.45, 7) is 2.32. The van der Waals surface area contributed by atoms with E-state index in [9.17, 15) is 16.8 Å². The molecule has 1 aromatic carbocycles. The lowest BCUT2D eigenvalue weighted by Gasteiger charge is -2.26. The van der Waals surface area contributed by atoms with Gasteiger partial charge in [0.25, 0.3) is 0 Å². The van der Waals surface area contributed by atoms with E-state index < -0.39 is 25.9 Å². The molecule has 1 aromatic heterocycles. The minimum atomic E-state index is -3.53. The van der Waals surface area contributed by atoms with Crippen molar-refractivity contribution in [2.75, 3.05) is 23.8 Å². The highest BCUT2D eigenvalue weighted by atomic mass is 32.2. The Morgan fingerprint density at radius 1 is 1.33 bits per heavy atom. The Balaban J connectivity index is 1.75. The van der Waals surface area contributed by atoms with Crippen LogP contribution >= 0.6 is 0 Å². The van der Waals surface area contributed by atoms with E-state index in [4.69, 9.17) is 0 Å². The molecule has 0 unspecified atom stereocenters. The average Bonchev–Trinajstić information content (AvgIpc) is 3.09. The minimum absolute atomic E-state index is 0.0653. The van der Waals surface area contributed by atoms with E-state index in [2.05, 4.69) is 4.98 Å². The maximum absolute atomic E-state index is 12.7. The Hall–Kier alpha value is -1.45. The lowest BCUT2D eigenvalue weighted by Crippen LogP contribution is -2.42. The number of nitrogens with zero attached hydrogens (tertiary/aromatic N) is 3. The molecule has 0 amide bonds. The van der Waals surface area contributed by atoms with Gasteiger partial charge in [-0.25, -0.2) is 21.8 Å². The van der Waals surface area contributed by atoms with Crippen molar-refractivity contribution in [1.29, 1.82) is 0 Å². The zero-order valence-corrected chi connectivity index (χ0v) is 15.1. The van der Waals surface area contributed by atoms with Gasteiger partial charge in [0.1, 0.15) is 0 Å². The summed E-state index contributed by atoms with van der Waals surface area (Å²) in [5.41, 5.74) is 1.71. The Kier molecular flexibility index (Phi) is 4.67. The molecule has 1 aliphatic rings. The predicted octanol–water partition coefficient (Wildman–Crippen LogP) is 0.875. The fraction of sp³-hybridized carbons (Fsp3) is 0.533. The number of fused-ring (bicyclic) bond motifs is 1.